The van der Waals surface area contributed by atoms with E-state index in [1.165, 1.54) is 5.56 Å². The SMILES string of the molecule is Cc1ccc(-c2cc(CSCC(C)C)on2)cc1. The van der Waals surface area contributed by atoms with Gasteiger partial charge in [0.05, 0.1) is 5.75 Å². The van der Waals surface area contributed by atoms with E-state index in [1.807, 2.05) is 17.8 Å². The van der Waals surface area contributed by atoms with E-state index in [4.69, 9.17) is 4.52 Å². The van der Waals surface area contributed by atoms with Crippen LogP contribution < -0.4 is 0 Å². The highest BCUT2D eigenvalue weighted by Gasteiger charge is 2.06. The summed E-state index contributed by atoms with van der Waals surface area (Å²) in [6.45, 7) is 6.54. The lowest BCUT2D eigenvalue weighted by atomic mass is 10.1. The van der Waals surface area contributed by atoms with Crippen LogP contribution in [0.3, 0.4) is 0 Å². The van der Waals surface area contributed by atoms with Gasteiger partial charge in [-0.15, -0.1) is 0 Å². The largest absolute Gasteiger partial charge is 0.360 e. The second-order valence-electron chi connectivity index (χ2n) is 4.95. The van der Waals surface area contributed by atoms with Crippen molar-refractivity contribution >= 4 is 11.8 Å². The van der Waals surface area contributed by atoms with Crippen molar-refractivity contribution in [3.05, 3.63) is 41.7 Å². The lowest BCUT2D eigenvalue weighted by molar-refractivity contribution is 0.397. The number of hydrogen-bond acceptors (Lipinski definition) is 3. The van der Waals surface area contributed by atoms with E-state index in [1.54, 1.807) is 0 Å². The van der Waals surface area contributed by atoms with Gasteiger partial charge < -0.3 is 4.52 Å². The van der Waals surface area contributed by atoms with Gasteiger partial charge in [-0.1, -0.05) is 48.8 Å². The quantitative estimate of drug-likeness (QED) is 0.790. The first-order valence-electron chi connectivity index (χ1n) is 6.25. The minimum atomic E-state index is 0.717. The molecule has 3 heteroatoms. The topological polar surface area (TPSA) is 26.0 Å². The van der Waals surface area contributed by atoms with Crippen molar-refractivity contribution in [2.75, 3.05) is 5.75 Å². The molecule has 0 radical (unpaired) electrons. The van der Waals surface area contributed by atoms with Crippen molar-refractivity contribution in [3.63, 3.8) is 0 Å². The number of aromatic nitrogens is 1. The molecule has 18 heavy (non-hydrogen) atoms. The van der Waals surface area contributed by atoms with Gasteiger partial charge in [0.15, 0.2) is 0 Å². The Bertz CT molecular complexity index is 487. The molecule has 2 nitrogen and oxygen atoms in total. The van der Waals surface area contributed by atoms with Crippen LogP contribution in [-0.2, 0) is 5.75 Å². The Balaban J connectivity index is 1.99. The van der Waals surface area contributed by atoms with Crippen molar-refractivity contribution in [2.45, 2.75) is 26.5 Å². The normalized spacial score (nSPS) is 11.1. The molecule has 2 rings (SSSR count). The average Bonchev–Trinajstić information content (AvgIpc) is 2.78. The monoisotopic (exact) mass is 261 g/mol. The van der Waals surface area contributed by atoms with Gasteiger partial charge in [-0.05, 0) is 18.6 Å². The summed E-state index contributed by atoms with van der Waals surface area (Å²) in [6, 6.07) is 10.4. The number of benzene rings is 1. The van der Waals surface area contributed by atoms with Crippen LogP contribution in [0, 0.1) is 12.8 Å². The molecule has 0 amide bonds. The van der Waals surface area contributed by atoms with Gasteiger partial charge in [-0.2, -0.15) is 11.8 Å². The van der Waals surface area contributed by atoms with E-state index < -0.39 is 0 Å². The third kappa shape index (κ3) is 3.64. The summed E-state index contributed by atoms with van der Waals surface area (Å²) in [5.41, 5.74) is 3.30. The molecular formula is C15H19NOS. The van der Waals surface area contributed by atoms with Gasteiger partial charge in [0, 0.05) is 11.6 Å². The van der Waals surface area contributed by atoms with E-state index in [-0.39, 0.29) is 0 Å². The zero-order valence-electron chi connectivity index (χ0n) is 11.1. The summed E-state index contributed by atoms with van der Waals surface area (Å²) < 4.78 is 5.36. The predicted octanol–water partition coefficient (Wildman–Crippen LogP) is 4.54. The Morgan fingerprint density at radius 3 is 2.61 bits per heavy atom. The second kappa shape index (κ2) is 6.10. The number of rotatable bonds is 5. The van der Waals surface area contributed by atoms with Gasteiger partial charge >= 0.3 is 0 Å². The maximum absolute atomic E-state index is 5.36. The fraction of sp³-hybridized carbons (Fsp3) is 0.400. The average molecular weight is 261 g/mol. The molecule has 0 unspecified atom stereocenters. The Labute approximate surface area is 113 Å². The zero-order chi connectivity index (χ0) is 13.0. The fourth-order valence-corrected chi connectivity index (χ4v) is 2.56. The molecule has 0 spiro atoms. The molecule has 0 atom stereocenters. The summed E-state index contributed by atoms with van der Waals surface area (Å²) in [7, 11) is 0. The molecule has 0 N–H and O–H groups in total. The molecule has 0 fully saturated rings. The highest BCUT2D eigenvalue weighted by atomic mass is 32.2. The lowest BCUT2D eigenvalue weighted by Crippen LogP contribution is -1.90. The van der Waals surface area contributed by atoms with E-state index in [9.17, 15) is 0 Å². The number of thioether (sulfide) groups is 1. The molecule has 1 aromatic carbocycles. The first-order valence-corrected chi connectivity index (χ1v) is 7.41. The molecule has 2 aromatic rings. The molecule has 0 aliphatic heterocycles. The van der Waals surface area contributed by atoms with Crippen LogP contribution in [0.2, 0.25) is 0 Å². The molecule has 1 aromatic heterocycles. The standard InChI is InChI=1S/C15H19NOS/c1-11(2)9-18-10-14-8-15(16-17-14)13-6-4-12(3)5-7-13/h4-8,11H,9-10H2,1-3H3. The van der Waals surface area contributed by atoms with E-state index in [0.29, 0.717) is 0 Å². The van der Waals surface area contributed by atoms with Gasteiger partial charge in [0.2, 0.25) is 0 Å². The van der Waals surface area contributed by atoms with Crippen LogP contribution in [0.25, 0.3) is 11.3 Å². The first kappa shape index (κ1) is 13.2. The van der Waals surface area contributed by atoms with Crippen LogP contribution in [0.15, 0.2) is 34.9 Å². The maximum Gasteiger partial charge on any atom is 0.147 e. The predicted molar refractivity (Wildman–Crippen MR) is 77.7 cm³/mol. The minimum absolute atomic E-state index is 0.717. The first-order chi connectivity index (χ1) is 8.65. The fourth-order valence-electron chi connectivity index (χ4n) is 1.64. The number of aryl methyl sites for hydroxylation is 1. The molecule has 0 aliphatic carbocycles. The third-order valence-electron chi connectivity index (χ3n) is 2.60. The maximum atomic E-state index is 5.36. The van der Waals surface area contributed by atoms with Gasteiger partial charge in [-0.3, -0.25) is 0 Å². The minimum Gasteiger partial charge on any atom is -0.360 e. The van der Waals surface area contributed by atoms with Crippen molar-refractivity contribution in [1.82, 2.24) is 5.16 Å². The van der Waals surface area contributed by atoms with Crippen molar-refractivity contribution in [2.24, 2.45) is 5.92 Å². The third-order valence-corrected chi connectivity index (χ3v) is 3.99. The Morgan fingerprint density at radius 1 is 1.22 bits per heavy atom. The van der Waals surface area contributed by atoms with Gasteiger partial charge in [-0.25, -0.2) is 0 Å². The van der Waals surface area contributed by atoms with Crippen LogP contribution >= 0.6 is 11.8 Å². The van der Waals surface area contributed by atoms with E-state index in [0.717, 1.165) is 34.4 Å². The highest BCUT2D eigenvalue weighted by Crippen LogP contribution is 2.22. The van der Waals surface area contributed by atoms with Gasteiger partial charge in [0.1, 0.15) is 11.5 Å². The summed E-state index contributed by atoms with van der Waals surface area (Å²) in [6.07, 6.45) is 0. The number of nitrogens with zero attached hydrogens (tertiary/aromatic N) is 1. The molecule has 96 valence electrons. The van der Waals surface area contributed by atoms with E-state index >= 15 is 0 Å². The Kier molecular flexibility index (Phi) is 4.48. The Morgan fingerprint density at radius 2 is 1.94 bits per heavy atom. The highest BCUT2D eigenvalue weighted by molar-refractivity contribution is 7.98. The smallest absolute Gasteiger partial charge is 0.147 e. The van der Waals surface area contributed by atoms with Crippen LogP contribution in [0.4, 0.5) is 0 Å². The Hall–Kier alpha value is -1.22. The molecular weight excluding hydrogens is 242 g/mol. The molecule has 0 bridgehead atoms. The molecule has 1 heterocycles. The zero-order valence-corrected chi connectivity index (χ0v) is 12.0. The van der Waals surface area contributed by atoms with Crippen LogP contribution in [0.1, 0.15) is 25.2 Å². The molecule has 0 saturated carbocycles. The van der Waals surface area contributed by atoms with Crippen molar-refractivity contribution < 1.29 is 4.52 Å². The second-order valence-corrected chi connectivity index (χ2v) is 5.98. The van der Waals surface area contributed by atoms with E-state index in [2.05, 4.69) is 50.2 Å². The van der Waals surface area contributed by atoms with Gasteiger partial charge in [0.25, 0.3) is 0 Å². The number of hydrogen-bond donors (Lipinski definition) is 0. The van der Waals surface area contributed by atoms with Crippen molar-refractivity contribution in [3.8, 4) is 11.3 Å². The van der Waals surface area contributed by atoms with Crippen LogP contribution in [-0.4, -0.2) is 10.9 Å². The molecule has 0 saturated heterocycles. The summed E-state index contributed by atoms with van der Waals surface area (Å²) in [4.78, 5) is 0. The molecule has 0 aliphatic rings. The van der Waals surface area contributed by atoms with Crippen molar-refractivity contribution in [1.29, 1.82) is 0 Å². The summed E-state index contributed by atoms with van der Waals surface area (Å²) >= 11 is 1.89. The summed E-state index contributed by atoms with van der Waals surface area (Å²) in [5, 5.41) is 4.13. The summed E-state index contributed by atoms with van der Waals surface area (Å²) in [5.74, 6) is 3.73. The van der Waals surface area contributed by atoms with Crippen LogP contribution in [0.5, 0.6) is 0 Å². The lowest BCUT2D eigenvalue weighted by Gasteiger charge is -2.00.